The van der Waals surface area contributed by atoms with E-state index < -0.39 is 7.82 Å². The van der Waals surface area contributed by atoms with Crippen molar-refractivity contribution in [1.29, 1.82) is 0 Å². The Morgan fingerprint density at radius 1 is 0.944 bits per heavy atom. The van der Waals surface area contributed by atoms with Crippen molar-refractivity contribution in [3.05, 3.63) is 0 Å². The lowest BCUT2D eigenvalue weighted by Gasteiger charge is -2.04. The Morgan fingerprint density at radius 2 is 1.44 bits per heavy atom. The van der Waals surface area contributed by atoms with E-state index >= 15 is 0 Å². The third-order valence-electron chi connectivity index (χ3n) is 2.49. The smallest absolute Gasteiger partial charge is 0.303 e. The summed E-state index contributed by atoms with van der Waals surface area (Å²) in [6.07, 6.45) is 9.58. The molecule has 0 aliphatic carbocycles. The van der Waals surface area contributed by atoms with Gasteiger partial charge in [-0.1, -0.05) is 38.5 Å². The summed E-state index contributed by atoms with van der Waals surface area (Å²) < 4.78 is 14.7. The minimum atomic E-state index is -4.28. The molecule has 0 radical (unpaired) electrons. The Labute approximate surface area is 108 Å². The highest BCUT2D eigenvalue weighted by Crippen LogP contribution is 2.35. The molecule has 0 spiro atoms. The summed E-state index contributed by atoms with van der Waals surface area (Å²) >= 11 is 0. The normalized spacial score (nSPS) is 11.2. The molecule has 2 N–H and O–H groups in total. The van der Waals surface area contributed by atoms with Crippen molar-refractivity contribution < 1.29 is 23.7 Å². The molecule has 0 aliphatic rings. The minimum absolute atomic E-state index is 0.119. The van der Waals surface area contributed by atoms with Gasteiger partial charge in [-0.25, -0.2) is 14.4 Å². The quantitative estimate of drug-likeness (QED) is 0.248. The molecule has 18 heavy (non-hydrogen) atoms. The van der Waals surface area contributed by atoms with Crippen LogP contribution in [-0.4, -0.2) is 29.0 Å². The summed E-state index contributed by atoms with van der Waals surface area (Å²) in [6.45, 7) is 0.692. The van der Waals surface area contributed by atoms with Crippen LogP contribution in [0, 0.1) is 0 Å². The van der Waals surface area contributed by atoms with Crippen molar-refractivity contribution in [2.45, 2.75) is 51.4 Å². The van der Waals surface area contributed by atoms with Crippen LogP contribution in [0.5, 0.6) is 0 Å². The molecule has 0 fully saturated rings. The molecule has 0 aromatic rings. The van der Waals surface area contributed by atoms with Crippen LogP contribution in [0.4, 0.5) is 0 Å². The Balaban J connectivity index is 3.08. The Bertz CT molecular complexity index is 285. The predicted octanol–water partition coefficient (Wildman–Crippen LogP) is 2.55. The van der Waals surface area contributed by atoms with Gasteiger partial charge in [0.25, 0.3) is 0 Å². The van der Waals surface area contributed by atoms with E-state index in [1.165, 1.54) is 6.08 Å². The monoisotopic (exact) mass is 279 g/mol. The number of phosphoric ester groups is 1. The van der Waals surface area contributed by atoms with Gasteiger partial charge in [-0.15, -0.1) is 0 Å². The van der Waals surface area contributed by atoms with Gasteiger partial charge in [-0.3, -0.25) is 4.52 Å². The largest absolute Gasteiger partial charge is 0.469 e. The molecular weight excluding hydrogens is 257 g/mol. The molecule has 0 rings (SSSR count). The highest BCUT2D eigenvalue weighted by Gasteiger charge is 2.12. The fraction of sp³-hybridized carbons (Fsp3) is 0.909. The Hall–Kier alpha value is -0.510. The molecule has 0 bridgehead atoms. The zero-order chi connectivity index (χ0) is 13.7. The third-order valence-corrected chi connectivity index (χ3v) is 3.01. The van der Waals surface area contributed by atoms with Gasteiger partial charge in [0.15, 0.2) is 0 Å². The molecule has 0 saturated carbocycles. The molecule has 0 saturated heterocycles. The topological polar surface area (TPSA) is 96.2 Å². The van der Waals surface area contributed by atoms with E-state index in [0.29, 0.717) is 13.0 Å². The summed E-state index contributed by atoms with van der Waals surface area (Å²) in [4.78, 5) is 30.1. The molecule has 0 amide bonds. The highest BCUT2D eigenvalue weighted by molar-refractivity contribution is 7.46. The second kappa shape index (κ2) is 11.6. The first-order valence-corrected chi connectivity index (χ1v) is 7.83. The fourth-order valence-electron chi connectivity index (χ4n) is 1.58. The van der Waals surface area contributed by atoms with Gasteiger partial charge in [-0.05, 0) is 12.8 Å². The van der Waals surface area contributed by atoms with Crippen LogP contribution in [0.25, 0.3) is 0 Å². The highest BCUT2D eigenvalue weighted by atomic mass is 31.2. The zero-order valence-electron chi connectivity index (χ0n) is 10.6. The Morgan fingerprint density at radius 3 is 1.94 bits per heavy atom. The minimum Gasteiger partial charge on any atom is -0.303 e. The van der Waals surface area contributed by atoms with Gasteiger partial charge in [0.05, 0.1) is 13.2 Å². The number of phosphoric acid groups is 1. The van der Waals surface area contributed by atoms with E-state index in [9.17, 15) is 9.36 Å². The number of carbonyl (C=O) groups excluding carboxylic acids is 1. The second-order valence-electron chi connectivity index (χ2n) is 4.13. The summed E-state index contributed by atoms with van der Waals surface area (Å²) in [6, 6.07) is 0. The van der Waals surface area contributed by atoms with E-state index in [-0.39, 0.29) is 6.61 Å². The van der Waals surface area contributed by atoms with E-state index in [2.05, 4.69) is 9.52 Å². The van der Waals surface area contributed by atoms with Crippen LogP contribution in [-0.2, 0) is 13.9 Å². The molecular formula is C11H22NO5P. The molecule has 0 aromatic carbocycles. The van der Waals surface area contributed by atoms with Gasteiger partial charge in [0.2, 0.25) is 6.08 Å². The lowest BCUT2D eigenvalue weighted by atomic mass is 10.1. The average molecular weight is 279 g/mol. The van der Waals surface area contributed by atoms with Crippen LogP contribution in [0.3, 0.4) is 0 Å². The predicted molar refractivity (Wildman–Crippen MR) is 67.9 cm³/mol. The number of hydrogen-bond acceptors (Lipinski definition) is 4. The van der Waals surface area contributed by atoms with Crippen LogP contribution < -0.4 is 0 Å². The second-order valence-corrected chi connectivity index (χ2v) is 5.36. The van der Waals surface area contributed by atoms with E-state index in [1.54, 1.807) is 0 Å². The van der Waals surface area contributed by atoms with E-state index in [0.717, 1.165) is 44.9 Å². The number of nitrogens with zero attached hydrogens (tertiary/aromatic N) is 1. The zero-order valence-corrected chi connectivity index (χ0v) is 11.5. The molecule has 0 aromatic heterocycles. The van der Waals surface area contributed by atoms with Crippen molar-refractivity contribution in [2.24, 2.45) is 4.99 Å². The molecule has 0 unspecified atom stereocenters. The molecule has 0 aliphatic heterocycles. The summed E-state index contributed by atoms with van der Waals surface area (Å²) in [5.41, 5.74) is 0. The maximum atomic E-state index is 10.4. The lowest BCUT2D eigenvalue weighted by Crippen LogP contribution is -1.92. The van der Waals surface area contributed by atoms with Crippen LogP contribution in [0.15, 0.2) is 4.99 Å². The van der Waals surface area contributed by atoms with Gasteiger partial charge in [0, 0.05) is 0 Å². The summed E-state index contributed by atoms with van der Waals surface area (Å²) in [5, 5.41) is 0. The standard InChI is InChI=1S/C11H22NO5P/c13-11-12-9-7-5-3-1-2-4-6-8-10-17-18(14,15)16/h1-10H2,(H2,14,15,16). The number of hydrogen-bond donors (Lipinski definition) is 2. The first-order valence-electron chi connectivity index (χ1n) is 6.30. The van der Waals surface area contributed by atoms with Crippen LogP contribution in [0.1, 0.15) is 51.4 Å². The summed E-state index contributed by atoms with van der Waals surface area (Å²) in [7, 11) is -4.28. The number of unbranched alkanes of at least 4 members (excludes halogenated alkanes) is 7. The van der Waals surface area contributed by atoms with Crippen molar-refractivity contribution >= 4 is 13.9 Å². The van der Waals surface area contributed by atoms with Crippen molar-refractivity contribution in [3.8, 4) is 0 Å². The number of isocyanates is 1. The van der Waals surface area contributed by atoms with Gasteiger partial charge in [-0.2, -0.15) is 0 Å². The molecule has 106 valence electrons. The average Bonchev–Trinajstić information content (AvgIpc) is 2.29. The van der Waals surface area contributed by atoms with Crippen LogP contribution >= 0.6 is 7.82 Å². The first kappa shape index (κ1) is 17.5. The fourth-order valence-corrected chi connectivity index (χ4v) is 1.95. The van der Waals surface area contributed by atoms with E-state index in [1.807, 2.05) is 0 Å². The SMILES string of the molecule is O=C=NCCCCCCCCCCOP(=O)(O)O. The molecule has 6 nitrogen and oxygen atoms in total. The van der Waals surface area contributed by atoms with Crippen molar-refractivity contribution in [2.75, 3.05) is 13.2 Å². The van der Waals surface area contributed by atoms with Crippen LogP contribution in [0.2, 0.25) is 0 Å². The van der Waals surface area contributed by atoms with Gasteiger partial charge >= 0.3 is 7.82 Å². The third kappa shape index (κ3) is 15.5. The summed E-state index contributed by atoms with van der Waals surface area (Å²) in [5.74, 6) is 0. The molecule has 0 heterocycles. The van der Waals surface area contributed by atoms with Crippen molar-refractivity contribution in [1.82, 2.24) is 0 Å². The van der Waals surface area contributed by atoms with Gasteiger partial charge < -0.3 is 9.79 Å². The molecule has 0 atom stereocenters. The van der Waals surface area contributed by atoms with Gasteiger partial charge in [0.1, 0.15) is 0 Å². The maximum Gasteiger partial charge on any atom is 0.469 e. The lowest BCUT2D eigenvalue weighted by molar-refractivity contribution is 0.193. The molecule has 7 heteroatoms. The number of aliphatic imine (C=N–C) groups is 1. The maximum absolute atomic E-state index is 10.4. The van der Waals surface area contributed by atoms with E-state index in [4.69, 9.17) is 9.79 Å². The Kier molecular flexibility index (Phi) is 11.2. The number of rotatable bonds is 12. The van der Waals surface area contributed by atoms with Crippen molar-refractivity contribution in [3.63, 3.8) is 0 Å². The first-order chi connectivity index (χ1) is 8.56.